The smallest absolute Gasteiger partial charge is 0.342 e. The van der Waals surface area contributed by atoms with Crippen LogP contribution in [0.1, 0.15) is 22.8 Å². The quantitative estimate of drug-likeness (QED) is 0.793. The number of benzene rings is 2. The summed E-state index contributed by atoms with van der Waals surface area (Å²) in [5.74, 6) is -1.21. The molecule has 0 saturated carbocycles. The highest BCUT2D eigenvalue weighted by molar-refractivity contribution is 6.31. The minimum absolute atomic E-state index is 0.0561. The molecule has 1 atom stereocenters. The lowest BCUT2D eigenvalue weighted by Crippen LogP contribution is -2.30. The van der Waals surface area contributed by atoms with E-state index in [9.17, 15) is 14.7 Å². The van der Waals surface area contributed by atoms with Crippen molar-refractivity contribution in [1.82, 2.24) is 0 Å². The van der Waals surface area contributed by atoms with Gasteiger partial charge < -0.3 is 19.9 Å². The van der Waals surface area contributed by atoms with Crippen molar-refractivity contribution in [2.75, 3.05) is 12.4 Å². The highest BCUT2D eigenvalue weighted by Crippen LogP contribution is 2.25. The van der Waals surface area contributed by atoms with Gasteiger partial charge in [0.2, 0.25) is 0 Å². The van der Waals surface area contributed by atoms with Crippen LogP contribution >= 0.6 is 11.6 Å². The Labute approximate surface area is 150 Å². The molecule has 2 rings (SSSR count). The van der Waals surface area contributed by atoms with Gasteiger partial charge in [-0.25, -0.2) is 4.79 Å². The van der Waals surface area contributed by atoms with Gasteiger partial charge in [0.15, 0.2) is 6.10 Å². The number of phenols is 1. The summed E-state index contributed by atoms with van der Waals surface area (Å²) in [5, 5.41) is 13.0. The number of hydrogen-bond acceptors (Lipinski definition) is 5. The molecule has 2 aromatic rings. The number of carbonyl (C=O) groups is 2. The average molecular weight is 364 g/mol. The monoisotopic (exact) mass is 363 g/mol. The van der Waals surface area contributed by atoms with Crippen LogP contribution in [-0.2, 0) is 9.53 Å². The van der Waals surface area contributed by atoms with Crippen molar-refractivity contribution in [3.8, 4) is 11.5 Å². The summed E-state index contributed by atoms with van der Waals surface area (Å²) in [6.07, 6.45) is -1.06. The van der Waals surface area contributed by atoms with E-state index in [1.807, 2.05) is 6.92 Å². The molecule has 0 aliphatic rings. The number of aryl methyl sites for hydroxylation is 1. The predicted octanol–water partition coefficient (Wildman–Crippen LogP) is 3.55. The Hall–Kier alpha value is -2.73. The van der Waals surface area contributed by atoms with E-state index < -0.39 is 18.0 Å². The number of methoxy groups -OCH3 is 1. The molecule has 7 heteroatoms. The second-order valence-electron chi connectivity index (χ2n) is 5.38. The molecular weight excluding hydrogens is 346 g/mol. The lowest BCUT2D eigenvalue weighted by atomic mass is 10.2. The number of anilines is 1. The molecule has 2 aromatic carbocycles. The molecule has 0 aromatic heterocycles. The maximum Gasteiger partial charge on any atom is 0.342 e. The van der Waals surface area contributed by atoms with E-state index >= 15 is 0 Å². The second-order valence-corrected chi connectivity index (χ2v) is 5.82. The molecule has 0 aliphatic heterocycles. The van der Waals surface area contributed by atoms with Gasteiger partial charge in [-0.05, 0) is 43.7 Å². The first kappa shape index (κ1) is 18.6. The van der Waals surface area contributed by atoms with Crippen molar-refractivity contribution < 1.29 is 24.2 Å². The van der Waals surface area contributed by atoms with Gasteiger partial charge in [-0.1, -0.05) is 17.7 Å². The maximum absolute atomic E-state index is 12.2. The number of nitrogens with one attached hydrogen (secondary N) is 1. The van der Waals surface area contributed by atoms with E-state index in [1.54, 1.807) is 18.2 Å². The Morgan fingerprint density at radius 1 is 1.20 bits per heavy atom. The number of hydrogen-bond donors (Lipinski definition) is 2. The summed E-state index contributed by atoms with van der Waals surface area (Å²) in [7, 11) is 1.44. The standard InChI is InChI=1S/C18H18ClNO5/c1-10-4-5-12(19)8-15(10)20-17(22)11(2)25-18(23)14-7-6-13(24-3)9-16(14)21/h4-9,11,21H,1-3H3,(H,20,22). The Bertz CT molecular complexity index is 806. The number of halogens is 1. The zero-order valence-corrected chi connectivity index (χ0v) is 14.8. The van der Waals surface area contributed by atoms with Gasteiger partial charge in [-0.2, -0.15) is 0 Å². The number of carbonyl (C=O) groups excluding carboxylic acids is 2. The van der Waals surface area contributed by atoms with E-state index in [2.05, 4.69) is 5.32 Å². The van der Waals surface area contributed by atoms with Gasteiger partial charge in [-0.3, -0.25) is 4.79 Å². The molecule has 0 aliphatic carbocycles. The zero-order chi connectivity index (χ0) is 18.6. The molecule has 0 fully saturated rings. The highest BCUT2D eigenvalue weighted by atomic mass is 35.5. The number of ether oxygens (including phenoxy) is 2. The van der Waals surface area contributed by atoms with Gasteiger partial charge in [0.25, 0.3) is 5.91 Å². The van der Waals surface area contributed by atoms with E-state index in [-0.39, 0.29) is 11.3 Å². The summed E-state index contributed by atoms with van der Waals surface area (Å²) in [4.78, 5) is 24.3. The van der Waals surface area contributed by atoms with E-state index in [1.165, 1.54) is 32.2 Å². The molecule has 0 radical (unpaired) electrons. The van der Waals surface area contributed by atoms with E-state index in [4.69, 9.17) is 21.1 Å². The summed E-state index contributed by atoms with van der Waals surface area (Å²) >= 11 is 5.91. The minimum atomic E-state index is -1.06. The first-order valence-electron chi connectivity index (χ1n) is 7.47. The van der Waals surface area contributed by atoms with Crippen LogP contribution in [0.4, 0.5) is 5.69 Å². The first-order chi connectivity index (χ1) is 11.8. The average Bonchev–Trinajstić information content (AvgIpc) is 2.57. The largest absolute Gasteiger partial charge is 0.507 e. The van der Waals surface area contributed by atoms with Gasteiger partial charge in [0.1, 0.15) is 17.1 Å². The van der Waals surface area contributed by atoms with Crippen molar-refractivity contribution in [1.29, 1.82) is 0 Å². The summed E-state index contributed by atoms with van der Waals surface area (Å²) in [6.45, 7) is 3.26. The van der Waals surface area contributed by atoms with Gasteiger partial charge in [0.05, 0.1) is 7.11 Å². The van der Waals surface area contributed by atoms with Crippen LogP contribution < -0.4 is 10.1 Å². The number of phenolic OH excluding ortho intramolecular Hbond substituents is 1. The summed E-state index contributed by atoms with van der Waals surface area (Å²) in [6, 6.07) is 9.25. The van der Waals surface area contributed by atoms with E-state index in [0.717, 1.165) is 5.56 Å². The van der Waals surface area contributed by atoms with E-state index in [0.29, 0.717) is 16.5 Å². The summed E-state index contributed by atoms with van der Waals surface area (Å²) in [5.41, 5.74) is 1.30. The number of rotatable bonds is 5. The molecule has 0 spiro atoms. The molecule has 6 nitrogen and oxygen atoms in total. The lowest BCUT2D eigenvalue weighted by Gasteiger charge is -2.15. The molecule has 0 bridgehead atoms. The molecule has 25 heavy (non-hydrogen) atoms. The van der Waals surface area contributed by atoms with Crippen molar-refractivity contribution in [3.05, 3.63) is 52.5 Å². The molecule has 2 N–H and O–H groups in total. The fourth-order valence-corrected chi connectivity index (χ4v) is 2.22. The third kappa shape index (κ3) is 4.64. The molecule has 1 amide bonds. The van der Waals surface area contributed by atoms with Crippen LogP contribution in [0.2, 0.25) is 5.02 Å². The fourth-order valence-electron chi connectivity index (χ4n) is 2.05. The highest BCUT2D eigenvalue weighted by Gasteiger charge is 2.21. The minimum Gasteiger partial charge on any atom is -0.507 e. The number of amides is 1. The first-order valence-corrected chi connectivity index (χ1v) is 7.84. The van der Waals surface area contributed by atoms with Gasteiger partial charge >= 0.3 is 5.97 Å². The molecule has 1 unspecified atom stereocenters. The molecule has 0 saturated heterocycles. The number of esters is 1. The van der Waals surface area contributed by atoms with Crippen LogP contribution in [0.5, 0.6) is 11.5 Å². The van der Waals surface area contributed by atoms with Crippen molar-refractivity contribution in [2.45, 2.75) is 20.0 Å². The van der Waals surface area contributed by atoms with Crippen molar-refractivity contribution in [3.63, 3.8) is 0 Å². The van der Waals surface area contributed by atoms with Crippen LogP contribution in [0.15, 0.2) is 36.4 Å². The van der Waals surface area contributed by atoms with Gasteiger partial charge in [-0.15, -0.1) is 0 Å². The third-order valence-electron chi connectivity index (χ3n) is 3.54. The third-order valence-corrected chi connectivity index (χ3v) is 3.77. The summed E-state index contributed by atoms with van der Waals surface area (Å²) < 4.78 is 10.1. The topological polar surface area (TPSA) is 84.9 Å². The molecule has 0 heterocycles. The SMILES string of the molecule is COc1ccc(C(=O)OC(C)C(=O)Nc2cc(Cl)ccc2C)c(O)c1. The molecular formula is C18H18ClNO5. The Morgan fingerprint density at radius 2 is 1.92 bits per heavy atom. The lowest BCUT2D eigenvalue weighted by molar-refractivity contribution is -0.123. The normalized spacial score (nSPS) is 11.5. The Kier molecular flexibility index (Phi) is 5.88. The van der Waals surface area contributed by atoms with Crippen molar-refractivity contribution in [2.24, 2.45) is 0 Å². The Balaban J connectivity index is 2.05. The maximum atomic E-state index is 12.2. The molecule has 132 valence electrons. The van der Waals surface area contributed by atoms with Crippen LogP contribution in [-0.4, -0.2) is 30.2 Å². The van der Waals surface area contributed by atoms with Crippen molar-refractivity contribution >= 4 is 29.2 Å². The van der Waals surface area contributed by atoms with Crippen LogP contribution in [0.25, 0.3) is 0 Å². The second kappa shape index (κ2) is 7.90. The predicted molar refractivity (Wildman–Crippen MR) is 94.4 cm³/mol. The van der Waals surface area contributed by atoms with Crippen LogP contribution in [0.3, 0.4) is 0 Å². The zero-order valence-electron chi connectivity index (χ0n) is 14.0. The Morgan fingerprint density at radius 3 is 2.56 bits per heavy atom. The number of aromatic hydroxyl groups is 1. The van der Waals surface area contributed by atoms with Crippen LogP contribution in [0, 0.1) is 6.92 Å². The van der Waals surface area contributed by atoms with Gasteiger partial charge in [0, 0.05) is 16.8 Å². The fraction of sp³-hybridized carbons (Fsp3) is 0.222.